The highest BCUT2D eigenvalue weighted by Gasteiger charge is 2.13. The number of aromatic nitrogens is 4. The smallest absolute Gasteiger partial charge is 0.258 e. The zero-order valence-corrected chi connectivity index (χ0v) is 11.8. The molecule has 0 aliphatic heterocycles. The first-order valence-electron chi connectivity index (χ1n) is 6.58. The van der Waals surface area contributed by atoms with Crippen molar-refractivity contribution in [2.24, 2.45) is 0 Å². The molecule has 0 atom stereocenters. The highest BCUT2D eigenvalue weighted by Crippen LogP contribution is 2.17. The van der Waals surface area contributed by atoms with Crippen molar-refractivity contribution >= 4 is 11.6 Å². The van der Waals surface area contributed by atoms with E-state index in [-0.39, 0.29) is 5.91 Å². The third kappa shape index (κ3) is 2.55. The Morgan fingerprint density at radius 3 is 2.67 bits per heavy atom. The Morgan fingerprint density at radius 1 is 1.24 bits per heavy atom. The molecular weight excluding hydrogens is 266 g/mol. The van der Waals surface area contributed by atoms with E-state index >= 15 is 0 Å². The van der Waals surface area contributed by atoms with Gasteiger partial charge in [-0.3, -0.25) is 9.89 Å². The van der Waals surface area contributed by atoms with Crippen LogP contribution in [0.25, 0.3) is 5.69 Å². The summed E-state index contributed by atoms with van der Waals surface area (Å²) in [6, 6.07) is 9.65. The van der Waals surface area contributed by atoms with Gasteiger partial charge in [-0.2, -0.15) is 10.2 Å². The van der Waals surface area contributed by atoms with Crippen molar-refractivity contribution in [3.8, 4) is 5.69 Å². The Bertz CT molecular complexity index is 753. The molecule has 3 aromatic rings. The van der Waals surface area contributed by atoms with Crippen LogP contribution in [0, 0.1) is 13.8 Å². The molecule has 0 spiro atoms. The summed E-state index contributed by atoms with van der Waals surface area (Å²) in [4.78, 5) is 12.3. The number of carbonyl (C=O) groups is 1. The fourth-order valence-corrected chi connectivity index (χ4v) is 2.08. The number of nitrogens with one attached hydrogen (secondary N) is 2. The zero-order valence-electron chi connectivity index (χ0n) is 11.8. The van der Waals surface area contributed by atoms with Crippen LogP contribution in [0.4, 0.5) is 5.69 Å². The average molecular weight is 281 g/mol. The van der Waals surface area contributed by atoms with Crippen molar-refractivity contribution in [3.63, 3.8) is 0 Å². The molecule has 0 aliphatic rings. The van der Waals surface area contributed by atoms with Gasteiger partial charge in [-0.05, 0) is 26.0 Å². The highest BCUT2D eigenvalue weighted by atomic mass is 16.1. The van der Waals surface area contributed by atoms with Crippen LogP contribution in [-0.2, 0) is 0 Å². The number of hydrogen-bond acceptors (Lipinski definition) is 3. The lowest BCUT2D eigenvalue weighted by molar-refractivity contribution is 0.102. The summed E-state index contributed by atoms with van der Waals surface area (Å²) in [5.74, 6) is -0.204. The maximum Gasteiger partial charge on any atom is 0.258 e. The number of para-hydroxylation sites is 1. The summed E-state index contributed by atoms with van der Waals surface area (Å²) in [6.45, 7) is 3.70. The molecule has 1 aromatic carbocycles. The van der Waals surface area contributed by atoms with Gasteiger partial charge in [-0.15, -0.1) is 0 Å². The van der Waals surface area contributed by atoms with E-state index in [1.165, 1.54) is 0 Å². The van der Waals surface area contributed by atoms with Gasteiger partial charge in [0.15, 0.2) is 0 Å². The highest BCUT2D eigenvalue weighted by molar-refractivity contribution is 6.04. The number of anilines is 1. The summed E-state index contributed by atoms with van der Waals surface area (Å²) >= 11 is 0. The molecule has 6 nitrogen and oxygen atoms in total. The van der Waals surface area contributed by atoms with Crippen LogP contribution in [0.5, 0.6) is 0 Å². The number of aryl methyl sites for hydroxylation is 2. The lowest BCUT2D eigenvalue weighted by Crippen LogP contribution is -2.12. The van der Waals surface area contributed by atoms with Crippen molar-refractivity contribution in [1.29, 1.82) is 0 Å². The van der Waals surface area contributed by atoms with Crippen molar-refractivity contribution in [3.05, 3.63) is 59.7 Å². The van der Waals surface area contributed by atoms with Crippen LogP contribution in [-0.4, -0.2) is 25.9 Å². The van der Waals surface area contributed by atoms with Gasteiger partial charge >= 0.3 is 0 Å². The van der Waals surface area contributed by atoms with E-state index in [0.29, 0.717) is 11.3 Å². The van der Waals surface area contributed by atoms with E-state index < -0.39 is 0 Å². The number of hydrogen-bond donors (Lipinski definition) is 2. The molecule has 0 aliphatic carbocycles. The first-order chi connectivity index (χ1) is 10.1. The van der Waals surface area contributed by atoms with E-state index in [1.807, 2.05) is 44.2 Å². The molecule has 0 saturated heterocycles. The SMILES string of the molecule is Cc1n[nH]c(C)c1NC(=O)c1cnn(-c2ccccc2)c1. The molecule has 0 saturated carbocycles. The molecule has 0 bridgehead atoms. The fraction of sp³-hybridized carbons (Fsp3) is 0.133. The predicted molar refractivity (Wildman–Crippen MR) is 79.6 cm³/mol. The summed E-state index contributed by atoms with van der Waals surface area (Å²) in [6.07, 6.45) is 3.25. The topological polar surface area (TPSA) is 75.6 Å². The monoisotopic (exact) mass is 281 g/mol. The molecule has 21 heavy (non-hydrogen) atoms. The van der Waals surface area contributed by atoms with Crippen LogP contribution in [0.15, 0.2) is 42.7 Å². The van der Waals surface area contributed by atoms with Gasteiger partial charge in [0.05, 0.1) is 34.5 Å². The molecule has 2 N–H and O–H groups in total. The second-order valence-corrected chi connectivity index (χ2v) is 4.77. The Hall–Kier alpha value is -2.89. The summed E-state index contributed by atoms with van der Waals surface area (Å²) < 4.78 is 1.67. The molecule has 0 radical (unpaired) electrons. The largest absolute Gasteiger partial charge is 0.319 e. The quantitative estimate of drug-likeness (QED) is 0.774. The third-order valence-corrected chi connectivity index (χ3v) is 3.23. The molecule has 2 aromatic heterocycles. The fourth-order valence-electron chi connectivity index (χ4n) is 2.08. The van der Waals surface area contributed by atoms with E-state index in [1.54, 1.807) is 17.1 Å². The van der Waals surface area contributed by atoms with Gasteiger partial charge in [0.2, 0.25) is 0 Å². The maximum absolute atomic E-state index is 12.3. The lowest BCUT2D eigenvalue weighted by atomic mass is 10.2. The van der Waals surface area contributed by atoms with Gasteiger partial charge in [0, 0.05) is 6.20 Å². The van der Waals surface area contributed by atoms with E-state index in [2.05, 4.69) is 20.6 Å². The van der Waals surface area contributed by atoms with Crippen LogP contribution in [0.1, 0.15) is 21.7 Å². The summed E-state index contributed by atoms with van der Waals surface area (Å²) in [7, 11) is 0. The third-order valence-electron chi connectivity index (χ3n) is 3.23. The molecule has 106 valence electrons. The van der Waals surface area contributed by atoms with Crippen molar-refractivity contribution < 1.29 is 4.79 Å². The normalized spacial score (nSPS) is 10.6. The van der Waals surface area contributed by atoms with Gasteiger partial charge < -0.3 is 5.32 Å². The summed E-state index contributed by atoms with van der Waals surface area (Å²) in [5.41, 5.74) is 3.71. The van der Waals surface area contributed by atoms with E-state index in [0.717, 1.165) is 17.1 Å². The molecule has 3 rings (SSSR count). The first-order valence-corrected chi connectivity index (χ1v) is 6.58. The number of carbonyl (C=O) groups excluding carboxylic acids is 1. The van der Waals surface area contributed by atoms with Crippen molar-refractivity contribution in [1.82, 2.24) is 20.0 Å². The number of nitrogens with zero attached hydrogens (tertiary/aromatic N) is 3. The van der Waals surface area contributed by atoms with Gasteiger partial charge in [0.25, 0.3) is 5.91 Å². The minimum absolute atomic E-state index is 0.204. The minimum atomic E-state index is -0.204. The minimum Gasteiger partial charge on any atom is -0.319 e. The van der Waals surface area contributed by atoms with Gasteiger partial charge in [-0.1, -0.05) is 18.2 Å². The zero-order chi connectivity index (χ0) is 14.8. The van der Waals surface area contributed by atoms with Gasteiger partial charge in [-0.25, -0.2) is 4.68 Å². The first kappa shape index (κ1) is 13.1. The van der Waals surface area contributed by atoms with Crippen LogP contribution in [0.3, 0.4) is 0 Å². The van der Waals surface area contributed by atoms with E-state index in [4.69, 9.17) is 0 Å². The Morgan fingerprint density at radius 2 is 2.00 bits per heavy atom. The van der Waals surface area contributed by atoms with Crippen molar-refractivity contribution in [2.75, 3.05) is 5.32 Å². The Kier molecular flexibility index (Phi) is 3.27. The molecular formula is C15H15N5O. The Labute approximate surface area is 121 Å². The number of aromatic amines is 1. The second kappa shape index (κ2) is 5.24. The molecule has 0 fully saturated rings. The second-order valence-electron chi connectivity index (χ2n) is 4.77. The number of benzene rings is 1. The van der Waals surface area contributed by atoms with E-state index in [9.17, 15) is 4.79 Å². The number of H-pyrrole nitrogens is 1. The molecule has 0 unspecified atom stereocenters. The molecule has 1 amide bonds. The predicted octanol–water partition coefficient (Wildman–Crippen LogP) is 2.46. The van der Waals surface area contributed by atoms with Crippen molar-refractivity contribution in [2.45, 2.75) is 13.8 Å². The Balaban J connectivity index is 1.82. The van der Waals surface area contributed by atoms with Crippen LogP contribution < -0.4 is 5.32 Å². The number of rotatable bonds is 3. The van der Waals surface area contributed by atoms with Gasteiger partial charge in [0.1, 0.15) is 0 Å². The summed E-state index contributed by atoms with van der Waals surface area (Å²) in [5, 5.41) is 14.0. The van der Waals surface area contributed by atoms with Crippen LogP contribution in [0.2, 0.25) is 0 Å². The number of amides is 1. The maximum atomic E-state index is 12.3. The van der Waals surface area contributed by atoms with Crippen LogP contribution >= 0.6 is 0 Å². The molecule has 2 heterocycles. The standard InChI is InChI=1S/C15H15N5O/c1-10-14(11(2)19-18-10)17-15(21)12-8-16-20(9-12)13-6-4-3-5-7-13/h3-9H,1-2H3,(H,17,21)(H,18,19). The lowest BCUT2D eigenvalue weighted by Gasteiger charge is -2.03. The molecule has 6 heteroatoms. The average Bonchev–Trinajstić information content (AvgIpc) is 3.11.